The van der Waals surface area contributed by atoms with Crippen molar-refractivity contribution in [3.8, 4) is 11.5 Å². The van der Waals surface area contributed by atoms with E-state index in [2.05, 4.69) is 28.1 Å². The highest BCUT2D eigenvalue weighted by molar-refractivity contribution is 5.49. The quantitative estimate of drug-likeness (QED) is 0.890. The standard InChI is InChI=1S/C18H29N3O2/c1-14-17(22-2)5-4-15(18(14)23-3)13-20-8-10-21(11-9-20)16-6-7-19-12-16/h4-5,16,19H,6-13H2,1-3H3/t16-/m1/s1. The predicted octanol–water partition coefficient (Wildman–Crippen LogP) is 1.49. The normalized spacial score (nSPS) is 23.2. The first-order valence-corrected chi connectivity index (χ1v) is 8.60. The molecule has 128 valence electrons. The molecule has 0 aromatic heterocycles. The van der Waals surface area contributed by atoms with Crippen LogP contribution in [0, 0.1) is 6.92 Å². The third-order valence-corrected chi connectivity index (χ3v) is 5.21. The molecule has 2 aliphatic rings. The molecule has 1 aromatic carbocycles. The van der Waals surface area contributed by atoms with E-state index < -0.39 is 0 Å². The van der Waals surface area contributed by atoms with Crippen LogP contribution in [0.3, 0.4) is 0 Å². The molecule has 0 unspecified atom stereocenters. The molecule has 1 atom stereocenters. The van der Waals surface area contributed by atoms with Crippen molar-refractivity contribution in [3.05, 3.63) is 23.3 Å². The lowest BCUT2D eigenvalue weighted by atomic mass is 10.1. The number of benzene rings is 1. The molecule has 1 N–H and O–H groups in total. The first-order chi connectivity index (χ1) is 11.2. The van der Waals surface area contributed by atoms with E-state index in [0.29, 0.717) is 0 Å². The van der Waals surface area contributed by atoms with Crippen molar-refractivity contribution in [2.24, 2.45) is 0 Å². The number of ether oxygens (including phenoxy) is 2. The topological polar surface area (TPSA) is 37.0 Å². The van der Waals surface area contributed by atoms with Crippen LogP contribution in [0.5, 0.6) is 11.5 Å². The lowest BCUT2D eigenvalue weighted by Gasteiger charge is -2.38. The zero-order valence-electron chi connectivity index (χ0n) is 14.6. The highest BCUT2D eigenvalue weighted by atomic mass is 16.5. The SMILES string of the molecule is COc1ccc(CN2CCN([C@@H]3CCNC3)CC2)c(OC)c1C. The lowest BCUT2D eigenvalue weighted by molar-refractivity contribution is 0.0975. The lowest BCUT2D eigenvalue weighted by Crippen LogP contribution is -2.50. The molecule has 0 saturated carbocycles. The molecule has 2 heterocycles. The van der Waals surface area contributed by atoms with Crippen molar-refractivity contribution in [2.75, 3.05) is 53.5 Å². The molecule has 0 aliphatic carbocycles. The number of rotatable bonds is 5. The fraction of sp³-hybridized carbons (Fsp3) is 0.667. The average Bonchev–Trinajstić information content (AvgIpc) is 3.10. The number of hydrogen-bond acceptors (Lipinski definition) is 5. The summed E-state index contributed by atoms with van der Waals surface area (Å²) in [5.41, 5.74) is 2.34. The molecule has 5 nitrogen and oxygen atoms in total. The summed E-state index contributed by atoms with van der Waals surface area (Å²) >= 11 is 0. The predicted molar refractivity (Wildman–Crippen MR) is 92.4 cm³/mol. The van der Waals surface area contributed by atoms with Crippen molar-refractivity contribution in [2.45, 2.75) is 25.9 Å². The van der Waals surface area contributed by atoms with Crippen molar-refractivity contribution >= 4 is 0 Å². The van der Waals surface area contributed by atoms with Gasteiger partial charge in [0.25, 0.3) is 0 Å². The molecular formula is C18H29N3O2. The average molecular weight is 319 g/mol. The third kappa shape index (κ3) is 3.62. The molecule has 2 aliphatic heterocycles. The summed E-state index contributed by atoms with van der Waals surface area (Å²) in [6.45, 7) is 9.94. The van der Waals surface area contributed by atoms with Gasteiger partial charge in [-0.2, -0.15) is 0 Å². The van der Waals surface area contributed by atoms with Gasteiger partial charge in [-0.1, -0.05) is 6.07 Å². The van der Waals surface area contributed by atoms with E-state index in [-0.39, 0.29) is 0 Å². The van der Waals surface area contributed by atoms with E-state index in [4.69, 9.17) is 9.47 Å². The monoisotopic (exact) mass is 319 g/mol. The van der Waals surface area contributed by atoms with E-state index in [0.717, 1.165) is 49.3 Å². The molecule has 5 heteroatoms. The van der Waals surface area contributed by atoms with Gasteiger partial charge in [-0.25, -0.2) is 0 Å². The molecule has 0 bridgehead atoms. The Kier molecular flexibility index (Phi) is 5.41. The minimum Gasteiger partial charge on any atom is -0.496 e. The first-order valence-electron chi connectivity index (χ1n) is 8.60. The van der Waals surface area contributed by atoms with Gasteiger partial charge < -0.3 is 14.8 Å². The molecule has 3 rings (SSSR count). The second-order valence-electron chi connectivity index (χ2n) is 6.54. The Morgan fingerprint density at radius 1 is 1.13 bits per heavy atom. The van der Waals surface area contributed by atoms with Crippen LogP contribution in [0.2, 0.25) is 0 Å². The summed E-state index contributed by atoms with van der Waals surface area (Å²) < 4.78 is 11.0. The van der Waals surface area contributed by atoms with Crippen LogP contribution in [-0.2, 0) is 6.54 Å². The Bertz CT molecular complexity index is 521. The van der Waals surface area contributed by atoms with E-state index in [9.17, 15) is 0 Å². The van der Waals surface area contributed by atoms with Crippen molar-refractivity contribution in [3.63, 3.8) is 0 Å². The fourth-order valence-electron chi connectivity index (χ4n) is 3.84. The van der Waals surface area contributed by atoms with Gasteiger partial charge in [-0.05, 0) is 26.0 Å². The van der Waals surface area contributed by atoms with Gasteiger partial charge in [-0.15, -0.1) is 0 Å². The van der Waals surface area contributed by atoms with Gasteiger partial charge in [0, 0.05) is 56.4 Å². The molecule has 0 radical (unpaired) electrons. The first kappa shape index (κ1) is 16.6. The second-order valence-corrected chi connectivity index (χ2v) is 6.54. The van der Waals surface area contributed by atoms with Crippen LogP contribution in [-0.4, -0.2) is 69.3 Å². The van der Waals surface area contributed by atoms with Gasteiger partial charge in [0.2, 0.25) is 0 Å². The zero-order valence-corrected chi connectivity index (χ0v) is 14.6. The molecule has 23 heavy (non-hydrogen) atoms. The van der Waals surface area contributed by atoms with Crippen LogP contribution in [0.1, 0.15) is 17.5 Å². The molecule has 2 fully saturated rings. The van der Waals surface area contributed by atoms with E-state index in [1.165, 1.54) is 31.6 Å². The summed E-state index contributed by atoms with van der Waals surface area (Å²) in [6, 6.07) is 4.93. The maximum Gasteiger partial charge on any atom is 0.129 e. The van der Waals surface area contributed by atoms with E-state index in [1.54, 1.807) is 14.2 Å². The van der Waals surface area contributed by atoms with Crippen LogP contribution in [0.15, 0.2) is 12.1 Å². The Balaban J connectivity index is 1.61. The summed E-state index contributed by atoms with van der Waals surface area (Å²) in [4.78, 5) is 5.18. The van der Waals surface area contributed by atoms with Gasteiger partial charge in [0.05, 0.1) is 14.2 Å². The van der Waals surface area contributed by atoms with Crippen molar-refractivity contribution < 1.29 is 9.47 Å². The second kappa shape index (κ2) is 7.51. The Labute approximate surface area is 139 Å². The van der Waals surface area contributed by atoms with Crippen LogP contribution in [0.25, 0.3) is 0 Å². The van der Waals surface area contributed by atoms with Crippen molar-refractivity contribution in [1.82, 2.24) is 15.1 Å². The maximum atomic E-state index is 5.64. The molecule has 0 spiro atoms. The highest BCUT2D eigenvalue weighted by Gasteiger charge is 2.26. The number of nitrogens with zero attached hydrogens (tertiary/aromatic N) is 2. The van der Waals surface area contributed by atoms with Gasteiger partial charge in [-0.3, -0.25) is 9.80 Å². The highest BCUT2D eigenvalue weighted by Crippen LogP contribution is 2.32. The van der Waals surface area contributed by atoms with Crippen LogP contribution >= 0.6 is 0 Å². The third-order valence-electron chi connectivity index (χ3n) is 5.21. The van der Waals surface area contributed by atoms with Crippen LogP contribution in [0.4, 0.5) is 0 Å². The summed E-state index contributed by atoms with van der Waals surface area (Å²) in [5, 5.41) is 3.47. The van der Waals surface area contributed by atoms with Gasteiger partial charge in [0.15, 0.2) is 0 Å². The Hall–Kier alpha value is -1.30. The number of nitrogens with one attached hydrogen (secondary N) is 1. The number of piperazine rings is 1. The molecule has 2 saturated heterocycles. The smallest absolute Gasteiger partial charge is 0.129 e. The van der Waals surface area contributed by atoms with E-state index in [1.807, 2.05) is 6.07 Å². The van der Waals surface area contributed by atoms with Gasteiger partial charge >= 0.3 is 0 Å². The zero-order chi connectivity index (χ0) is 16.2. The van der Waals surface area contributed by atoms with Crippen molar-refractivity contribution in [1.29, 1.82) is 0 Å². The summed E-state index contributed by atoms with van der Waals surface area (Å²) in [5.74, 6) is 1.86. The van der Waals surface area contributed by atoms with Gasteiger partial charge in [0.1, 0.15) is 11.5 Å². The Morgan fingerprint density at radius 2 is 1.91 bits per heavy atom. The summed E-state index contributed by atoms with van der Waals surface area (Å²) in [7, 11) is 3.45. The Morgan fingerprint density at radius 3 is 2.52 bits per heavy atom. The number of hydrogen-bond donors (Lipinski definition) is 1. The number of methoxy groups -OCH3 is 2. The largest absolute Gasteiger partial charge is 0.496 e. The maximum absolute atomic E-state index is 5.64. The van der Waals surface area contributed by atoms with E-state index >= 15 is 0 Å². The fourth-order valence-corrected chi connectivity index (χ4v) is 3.84. The summed E-state index contributed by atoms with van der Waals surface area (Å²) in [6.07, 6.45) is 1.30. The molecule has 1 aromatic rings. The molecule has 0 amide bonds. The minimum atomic E-state index is 0.745. The van der Waals surface area contributed by atoms with Crippen LogP contribution < -0.4 is 14.8 Å². The molecular weight excluding hydrogens is 290 g/mol. The minimum absolute atomic E-state index is 0.745.